The van der Waals surface area contributed by atoms with Crippen molar-refractivity contribution in [2.75, 3.05) is 11.9 Å². The number of halogens is 2. The van der Waals surface area contributed by atoms with Crippen LogP contribution in [-0.4, -0.2) is 11.6 Å². The van der Waals surface area contributed by atoms with Gasteiger partial charge in [0.1, 0.15) is 5.75 Å². The van der Waals surface area contributed by atoms with E-state index in [1.807, 2.05) is 49.4 Å². The molecule has 1 heterocycles. The molecule has 0 fully saturated rings. The minimum atomic E-state index is 0.538. The van der Waals surface area contributed by atoms with Crippen LogP contribution in [0.4, 0.5) is 10.8 Å². The number of aryl methyl sites for hydroxylation is 1. The maximum atomic E-state index is 6.20. The summed E-state index contributed by atoms with van der Waals surface area (Å²) in [5, 5.41) is 5.32. The molecule has 136 valence electrons. The van der Waals surface area contributed by atoms with Crippen LogP contribution >= 0.6 is 34.5 Å². The fourth-order valence-corrected chi connectivity index (χ4v) is 4.03. The maximum absolute atomic E-state index is 6.20. The van der Waals surface area contributed by atoms with Gasteiger partial charge in [-0.15, -0.1) is 11.3 Å². The summed E-state index contributed by atoms with van der Waals surface area (Å²) in [6.45, 7) is 4.75. The average molecular weight is 407 g/mol. The summed E-state index contributed by atoms with van der Waals surface area (Å²) in [7, 11) is 0. The molecule has 0 aliphatic carbocycles. The molecule has 26 heavy (non-hydrogen) atoms. The van der Waals surface area contributed by atoms with Crippen molar-refractivity contribution >= 4 is 45.4 Å². The maximum Gasteiger partial charge on any atom is 0.188 e. The van der Waals surface area contributed by atoms with Crippen molar-refractivity contribution < 1.29 is 4.74 Å². The third-order valence-electron chi connectivity index (χ3n) is 3.80. The molecule has 1 N–H and O–H groups in total. The molecular formula is C20H20Cl2N2OS. The quantitative estimate of drug-likeness (QED) is 0.449. The van der Waals surface area contributed by atoms with Gasteiger partial charge >= 0.3 is 0 Å². The smallest absolute Gasteiger partial charge is 0.188 e. The fourth-order valence-electron chi connectivity index (χ4n) is 2.64. The van der Waals surface area contributed by atoms with Crippen LogP contribution in [0.1, 0.15) is 25.1 Å². The third-order valence-corrected chi connectivity index (χ3v) is 5.57. The SMILES string of the molecule is CCCc1sc(Nc2ccccc2OCC)nc1-c1ccc(Cl)c(Cl)c1. The first-order valence-electron chi connectivity index (χ1n) is 8.56. The summed E-state index contributed by atoms with van der Waals surface area (Å²) in [4.78, 5) is 6.04. The Labute approximate surface area is 168 Å². The van der Waals surface area contributed by atoms with E-state index in [4.69, 9.17) is 32.9 Å². The first-order chi connectivity index (χ1) is 12.6. The van der Waals surface area contributed by atoms with Crippen LogP contribution < -0.4 is 10.1 Å². The summed E-state index contributed by atoms with van der Waals surface area (Å²) < 4.78 is 5.69. The lowest BCUT2D eigenvalue weighted by atomic mass is 10.1. The Bertz CT molecular complexity index is 895. The number of hydrogen-bond acceptors (Lipinski definition) is 4. The lowest BCUT2D eigenvalue weighted by Crippen LogP contribution is -1.97. The monoisotopic (exact) mass is 406 g/mol. The van der Waals surface area contributed by atoms with Gasteiger partial charge in [-0.1, -0.05) is 54.7 Å². The Morgan fingerprint density at radius 3 is 2.62 bits per heavy atom. The second-order valence-corrected chi connectivity index (χ2v) is 7.62. The second kappa shape index (κ2) is 8.76. The van der Waals surface area contributed by atoms with Crippen LogP contribution in [0.5, 0.6) is 5.75 Å². The first-order valence-corrected chi connectivity index (χ1v) is 10.1. The molecule has 0 spiro atoms. The van der Waals surface area contributed by atoms with Gasteiger partial charge < -0.3 is 10.1 Å². The first kappa shape index (κ1) is 19.0. The van der Waals surface area contributed by atoms with E-state index in [1.165, 1.54) is 4.88 Å². The van der Waals surface area contributed by atoms with E-state index in [-0.39, 0.29) is 0 Å². The van der Waals surface area contributed by atoms with Crippen molar-refractivity contribution in [1.29, 1.82) is 0 Å². The van der Waals surface area contributed by atoms with Crippen molar-refractivity contribution in [1.82, 2.24) is 4.98 Å². The van der Waals surface area contributed by atoms with E-state index in [9.17, 15) is 0 Å². The van der Waals surface area contributed by atoms with Crippen molar-refractivity contribution in [3.05, 3.63) is 57.4 Å². The summed E-state index contributed by atoms with van der Waals surface area (Å²) in [5.41, 5.74) is 2.84. The molecule has 0 radical (unpaired) electrons. The Morgan fingerprint density at radius 1 is 1.08 bits per heavy atom. The number of nitrogens with one attached hydrogen (secondary N) is 1. The van der Waals surface area contributed by atoms with Gasteiger partial charge in [-0.2, -0.15) is 0 Å². The van der Waals surface area contributed by atoms with Crippen LogP contribution in [0.25, 0.3) is 11.3 Å². The van der Waals surface area contributed by atoms with E-state index in [2.05, 4.69) is 12.2 Å². The molecule has 0 atom stereocenters. The van der Waals surface area contributed by atoms with Gasteiger partial charge in [0.05, 0.1) is 28.0 Å². The minimum Gasteiger partial charge on any atom is -0.492 e. The molecule has 1 aromatic heterocycles. The molecule has 0 saturated carbocycles. The molecule has 0 saturated heterocycles. The number of hydrogen-bond donors (Lipinski definition) is 1. The summed E-state index contributed by atoms with van der Waals surface area (Å²) in [5.74, 6) is 0.818. The Kier molecular flexibility index (Phi) is 6.41. The predicted octanol–water partition coefficient (Wildman–Crippen LogP) is 7.21. The number of aromatic nitrogens is 1. The topological polar surface area (TPSA) is 34.1 Å². The number of thiazole rings is 1. The van der Waals surface area contributed by atoms with Gasteiger partial charge in [0.15, 0.2) is 5.13 Å². The summed E-state index contributed by atoms with van der Waals surface area (Å²) in [6, 6.07) is 13.5. The Morgan fingerprint density at radius 2 is 1.88 bits per heavy atom. The molecule has 3 rings (SSSR count). The second-order valence-electron chi connectivity index (χ2n) is 5.72. The number of nitrogens with zero attached hydrogens (tertiary/aromatic N) is 1. The fraction of sp³-hybridized carbons (Fsp3) is 0.250. The van der Waals surface area contributed by atoms with Crippen LogP contribution in [0.3, 0.4) is 0 Å². The van der Waals surface area contributed by atoms with E-state index in [0.29, 0.717) is 16.7 Å². The van der Waals surface area contributed by atoms with Crippen molar-refractivity contribution in [3.8, 4) is 17.0 Å². The predicted molar refractivity (Wildman–Crippen MR) is 112 cm³/mol. The molecular weight excluding hydrogens is 387 g/mol. The third kappa shape index (κ3) is 4.32. The van der Waals surface area contributed by atoms with E-state index in [1.54, 1.807) is 11.3 Å². The van der Waals surface area contributed by atoms with E-state index >= 15 is 0 Å². The average Bonchev–Trinajstić information content (AvgIpc) is 3.02. The molecule has 0 aliphatic heterocycles. The van der Waals surface area contributed by atoms with Gasteiger partial charge in [0.2, 0.25) is 0 Å². The van der Waals surface area contributed by atoms with Gasteiger partial charge in [0, 0.05) is 10.4 Å². The van der Waals surface area contributed by atoms with Gasteiger partial charge in [0.25, 0.3) is 0 Å². The van der Waals surface area contributed by atoms with Gasteiger partial charge in [-0.3, -0.25) is 0 Å². The Balaban J connectivity index is 1.96. The minimum absolute atomic E-state index is 0.538. The number of para-hydroxylation sites is 2. The van der Waals surface area contributed by atoms with Crippen molar-refractivity contribution in [3.63, 3.8) is 0 Å². The van der Waals surface area contributed by atoms with Crippen LogP contribution in [0.15, 0.2) is 42.5 Å². The molecule has 6 heteroatoms. The largest absolute Gasteiger partial charge is 0.492 e. The lowest BCUT2D eigenvalue weighted by Gasteiger charge is -2.09. The zero-order valence-electron chi connectivity index (χ0n) is 14.7. The molecule has 0 unspecified atom stereocenters. The van der Waals surface area contributed by atoms with E-state index < -0.39 is 0 Å². The van der Waals surface area contributed by atoms with Crippen molar-refractivity contribution in [2.24, 2.45) is 0 Å². The highest BCUT2D eigenvalue weighted by Gasteiger charge is 2.15. The highest BCUT2D eigenvalue weighted by atomic mass is 35.5. The molecule has 0 bridgehead atoms. The van der Waals surface area contributed by atoms with Crippen LogP contribution in [0.2, 0.25) is 10.0 Å². The van der Waals surface area contributed by atoms with Gasteiger partial charge in [-0.05, 0) is 37.6 Å². The highest BCUT2D eigenvalue weighted by Crippen LogP contribution is 2.37. The normalized spacial score (nSPS) is 10.8. The van der Waals surface area contributed by atoms with Crippen molar-refractivity contribution in [2.45, 2.75) is 26.7 Å². The lowest BCUT2D eigenvalue weighted by molar-refractivity contribution is 0.342. The number of ether oxygens (including phenoxy) is 1. The summed E-state index contributed by atoms with van der Waals surface area (Å²) >= 11 is 13.9. The van der Waals surface area contributed by atoms with E-state index in [0.717, 1.165) is 40.7 Å². The molecule has 3 aromatic rings. The van der Waals surface area contributed by atoms with Crippen LogP contribution in [-0.2, 0) is 6.42 Å². The zero-order chi connectivity index (χ0) is 18.5. The number of rotatable bonds is 7. The Hall–Kier alpha value is -1.75. The number of anilines is 2. The number of benzene rings is 2. The molecule has 3 nitrogen and oxygen atoms in total. The van der Waals surface area contributed by atoms with Gasteiger partial charge in [-0.25, -0.2) is 4.98 Å². The summed E-state index contributed by atoms with van der Waals surface area (Å²) in [6.07, 6.45) is 2.01. The molecule has 2 aromatic carbocycles. The highest BCUT2D eigenvalue weighted by molar-refractivity contribution is 7.16. The molecule has 0 amide bonds. The van der Waals surface area contributed by atoms with Crippen LogP contribution in [0, 0.1) is 0 Å². The standard InChI is InChI=1S/C20H20Cl2N2OS/c1-3-7-18-19(13-10-11-14(21)15(22)12-13)24-20(26-18)23-16-8-5-6-9-17(16)25-4-2/h5-6,8-12H,3-4,7H2,1-2H3,(H,23,24). The molecule has 0 aliphatic rings. The zero-order valence-corrected chi connectivity index (χ0v) is 17.0.